The molecule has 2 N–H and O–H groups in total. The molecule has 2 amide bonds. The third kappa shape index (κ3) is 4.77. The summed E-state index contributed by atoms with van der Waals surface area (Å²) < 4.78 is 0. The van der Waals surface area contributed by atoms with Gasteiger partial charge in [-0.15, -0.1) is 0 Å². The van der Waals surface area contributed by atoms with E-state index in [1.807, 2.05) is 67.5 Å². The van der Waals surface area contributed by atoms with E-state index in [-0.39, 0.29) is 23.8 Å². The predicted octanol–water partition coefficient (Wildman–Crippen LogP) is 3.72. The van der Waals surface area contributed by atoms with Gasteiger partial charge >= 0.3 is 11.8 Å². The maximum atomic E-state index is 12.4. The molecule has 1 atom stereocenters. The van der Waals surface area contributed by atoms with Crippen molar-refractivity contribution in [3.8, 4) is 6.07 Å². The number of carbonyl (C=O) groups is 2. The molecule has 6 nitrogen and oxygen atoms in total. The van der Waals surface area contributed by atoms with E-state index in [1.165, 1.54) is 12.1 Å². The van der Waals surface area contributed by atoms with Crippen LogP contribution in [0.15, 0.2) is 60.7 Å². The SMILES string of the molecule is CN(C)[C@@H](CNC(=O)C(=O)Nc1cc(Cl)ccc1C#N)c1cccc2ccccc12. The molecule has 7 heteroatoms. The number of nitrogens with zero attached hydrogens (tertiary/aromatic N) is 2. The van der Waals surface area contributed by atoms with E-state index in [4.69, 9.17) is 16.9 Å². The lowest BCUT2D eigenvalue weighted by molar-refractivity contribution is -0.136. The lowest BCUT2D eigenvalue weighted by Crippen LogP contribution is -2.40. The number of rotatable bonds is 5. The summed E-state index contributed by atoms with van der Waals surface area (Å²) in [4.78, 5) is 26.7. The van der Waals surface area contributed by atoms with Gasteiger partial charge in [-0.3, -0.25) is 9.59 Å². The molecule has 0 aliphatic heterocycles. The highest BCUT2D eigenvalue weighted by molar-refractivity contribution is 6.40. The Morgan fingerprint density at radius 3 is 2.53 bits per heavy atom. The minimum absolute atomic E-state index is 0.131. The Hall–Kier alpha value is -3.40. The molecular weight excluding hydrogens is 400 g/mol. The number of amides is 2. The first-order chi connectivity index (χ1) is 14.4. The molecule has 3 rings (SSSR count). The summed E-state index contributed by atoms with van der Waals surface area (Å²) in [5.41, 5.74) is 1.48. The number of likely N-dealkylation sites (N-methyl/N-ethyl adjacent to an activating group) is 1. The summed E-state index contributed by atoms with van der Waals surface area (Å²) in [6.45, 7) is 0.244. The minimum atomic E-state index is -0.857. The van der Waals surface area contributed by atoms with E-state index in [9.17, 15) is 9.59 Å². The molecule has 3 aromatic carbocycles. The number of fused-ring (bicyclic) bond motifs is 1. The molecule has 0 aliphatic rings. The Morgan fingerprint density at radius 1 is 1.07 bits per heavy atom. The van der Waals surface area contributed by atoms with Crippen LogP contribution in [0.25, 0.3) is 10.8 Å². The van der Waals surface area contributed by atoms with Gasteiger partial charge in [0.25, 0.3) is 0 Å². The molecule has 0 saturated heterocycles. The fraction of sp³-hybridized carbons (Fsp3) is 0.174. The second-order valence-electron chi connectivity index (χ2n) is 7.01. The van der Waals surface area contributed by atoms with Gasteiger partial charge in [0.2, 0.25) is 0 Å². The Bertz CT molecular complexity index is 1130. The van der Waals surface area contributed by atoms with Gasteiger partial charge in [0.15, 0.2) is 0 Å². The van der Waals surface area contributed by atoms with Crippen LogP contribution in [0.5, 0.6) is 0 Å². The second kappa shape index (κ2) is 9.40. The van der Waals surface area contributed by atoms with Crippen LogP contribution < -0.4 is 10.6 Å². The number of hydrogen-bond acceptors (Lipinski definition) is 4. The largest absolute Gasteiger partial charge is 0.346 e. The number of hydrogen-bond donors (Lipinski definition) is 2. The third-order valence-electron chi connectivity index (χ3n) is 4.82. The van der Waals surface area contributed by atoms with E-state index in [0.717, 1.165) is 16.3 Å². The molecule has 0 unspecified atom stereocenters. The fourth-order valence-corrected chi connectivity index (χ4v) is 3.45. The zero-order valence-electron chi connectivity index (χ0n) is 16.6. The number of benzene rings is 3. The van der Waals surface area contributed by atoms with Gasteiger partial charge in [-0.05, 0) is 48.6 Å². The third-order valence-corrected chi connectivity index (χ3v) is 5.05. The number of nitrogens with one attached hydrogen (secondary N) is 2. The quantitative estimate of drug-likeness (QED) is 0.616. The van der Waals surface area contributed by atoms with Crippen molar-refractivity contribution in [2.24, 2.45) is 0 Å². The summed E-state index contributed by atoms with van der Waals surface area (Å²) in [6, 6.07) is 20.4. The van der Waals surface area contributed by atoms with Gasteiger partial charge < -0.3 is 15.5 Å². The highest BCUT2D eigenvalue weighted by atomic mass is 35.5. The van der Waals surface area contributed by atoms with Gasteiger partial charge in [-0.25, -0.2) is 0 Å². The second-order valence-corrected chi connectivity index (χ2v) is 7.45. The summed E-state index contributed by atoms with van der Waals surface area (Å²) in [7, 11) is 3.84. The molecule has 0 fully saturated rings. The van der Waals surface area contributed by atoms with Gasteiger partial charge in [-0.2, -0.15) is 5.26 Å². The van der Waals surface area contributed by atoms with Crippen LogP contribution in [0, 0.1) is 11.3 Å². The first-order valence-corrected chi connectivity index (χ1v) is 9.71. The van der Waals surface area contributed by atoms with Crippen molar-refractivity contribution in [1.82, 2.24) is 10.2 Å². The van der Waals surface area contributed by atoms with Gasteiger partial charge in [0, 0.05) is 11.6 Å². The van der Waals surface area contributed by atoms with Gasteiger partial charge in [0.05, 0.1) is 17.3 Å². The fourth-order valence-electron chi connectivity index (χ4n) is 3.28. The molecular formula is C23H21ClN4O2. The Kier molecular flexibility index (Phi) is 6.68. The van der Waals surface area contributed by atoms with Crippen LogP contribution in [0.4, 0.5) is 5.69 Å². The minimum Gasteiger partial charge on any atom is -0.346 e. The zero-order valence-corrected chi connectivity index (χ0v) is 17.4. The van der Waals surface area contributed by atoms with Crippen LogP contribution in [-0.2, 0) is 9.59 Å². The van der Waals surface area contributed by atoms with Crippen molar-refractivity contribution in [1.29, 1.82) is 5.26 Å². The molecule has 0 radical (unpaired) electrons. The van der Waals surface area contributed by atoms with E-state index >= 15 is 0 Å². The number of halogens is 1. The molecule has 0 spiro atoms. The standard InChI is InChI=1S/C23H21ClN4O2/c1-28(2)21(19-9-5-7-15-6-3-4-8-18(15)19)14-26-22(29)23(30)27-20-12-17(24)11-10-16(20)13-25/h3-12,21H,14H2,1-2H3,(H,26,29)(H,27,30)/t21-/m0/s1. The zero-order chi connectivity index (χ0) is 21.7. The van der Waals surface area contributed by atoms with E-state index in [2.05, 4.69) is 10.6 Å². The highest BCUT2D eigenvalue weighted by Crippen LogP contribution is 2.26. The van der Waals surface area contributed by atoms with E-state index < -0.39 is 11.8 Å². The lowest BCUT2D eigenvalue weighted by atomic mass is 9.98. The molecule has 0 bridgehead atoms. The van der Waals surface area contributed by atoms with Crippen LogP contribution in [0.1, 0.15) is 17.2 Å². The lowest BCUT2D eigenvalue weighted by Gasteiger charge is -2.26. The molecule has 0 heterocycles. The van der Waals surface area contributed by atoms with Crippen molar-refractivity contribution < 1.29 is 9.59 Å². The molecule has 0 aromatic heterocycles. The first kappa shape index (κ1) is 21.3. The maximum absolute atomic E-state index is 12.4. The predicted molar refractivity (Wildman–Crippen MR) is 118 cm³/mol. The van der Waals surface area contributed by atoms with Crippen molar-refractivity contribution in [3.63, 3.8) is 0 Å². The highest BCUT2D eigenvalue weighted by Gasteiger charge is 2.21. The molecule has 3 aromatic rings. The summed E-state index contributed by atoms with van der Waals surface area (Å²) in [5.74, 6) is -1.64. The van der Waals surface area contributed by atoms with Crippen molar-refractivity contribution in [2.75, 3.05) is 26.0 Å². The van der Waals surface area contributed by atoms with Gasteiger partial charge in [0.1, 0.15) is 6.07 Å². The molecule has 0 saturated carbocycles. The van der Waals surface area contributed by atoms with E-state index in [1.54, 1.807) is 6.07 Å². The summed E-state index contributed by atoms with van der Waals surface area (Å²) >= 11 is 5.92. The van der Waals surface area contributed by atoms with Crippen LogP contribution in [0.3, 0.4) is 0 Å². The first-order valence-electron chi connectivity index (χ1n) is 9.33. The van der Waals surface area contributed by atoms with Crippen molar-refractivity contribution in [2.45, 2.75) is 6.04 Å². The van der Waals surface area contributed by atoms with Crippen LogP contribution in [-0.4, -0.2) is 37.4 Å². The van der Waals surface area contributed by atoms with Crippen molar-refractivity contribution >= 4 is 39.9 Å². The monoisotopic (exact) mass is 420 g/mol. The molecule has 152 valence electrons. The number of carbonyl (C=O) groups excluding carboxylic acids is 2. The molecule has 0 aliphatic carbocycles. The Morgan fingerprint density at radius 2 is 1.80 bits per heavy atom. The number of anilines is 1. The smallest absolute Gasteiger partial charge is 0.313 e. The Balaban J connectivity index is 1.74. The van der Waals surface area contributed by atoms with Crippen LogP contribution >= 0.6 is 11.6 Å². The normalized spacial score (nSPS) is 11.7. The average Bonchev–Trinajstić information content (AvgIpc) is 2.73. The van der Waals surface area contributed by atoms with Crippen LogP contribution in [0.2, 0.25) is 5.02 Å². The average molecular weight is 421 g/mol. The summed E-state index contributed by atoms with van der Waals surface area (Å²) in [6.07, 6.45) is 0. The topological polar surface area (TPSA) is 85.2 Å². The number of nitriles is 1. The van der Waals surface area contributed by atoms with E-state index in [0.29, 0.717) is 5.02 Å². The Labute approximate surface area is 180 Å². The van der Waals surface area contributed by atoms with Crippen molar-refractivity contribution in [3.05, 3.63) is 76.8 Å². The maximum Gasteiger partial charge on any atom is 0.313 e. The van der Waals surface area contributed by atoms with Gasteiger partial charge in [-0.1, -0.05) is 54.1 Å². The summed E-state index contributed by atoms with van der Waals surface area (Å²) in [5, 5.41) is 16.9. The molecule has 30 heavy (non-hydrogen) atoms.